The quantitative estimate of drug-likeness (QED) is 0.514. The molecule has 0 radical (unpaired) electrons. The van der Waals surface area contributed by atoms with E-state index in [2.05, 4.69) is 5.32 Å². The Morgan fingerprint density at radius 1 is 0.743 bits per heavy atom. The lowest BCUT2D eigenvalue weighted by Gasteiger charge is -2.28. The second kappa shape index (κ2) is 10.3. The summed E-state index contributed by atoms with van der Waals surface area (Å²) in [4.78, 5) is 55.5. The minimum atomic E-state index is -1.11. The summed E-state index contributed by atoms with van der Waals surface area (Å²) in [6, 6.07) is 23.1. The molecule has 2 atom stereocenters. The Balaban J connectivity index is 1.66. The van der Waals surface area contributed by atoms with Crippen LogP contribution in [0.25, 0.3) is 0 Å². The third-order valence-electron chi connectivity index (χ3n) is 6.05. The van der Waals surface area contributed by atoms with Crippen molar-refractivity contribution in [2.24, 2.45) is 0 Å². The second-order valence-corrected chi connectivity index (χ2v) is 8.71. The van der Waals surface area contributed by atoms with E-state index in [-0.39, 0.29) is 29.9 Å². The number of hydrogen-bond acceptors (Lipinski definition) is 4. The lowest BCUT2D eigenvalue weighted by Crippen LogP contribution is -2.56. The van der Waals surface area contributed by atoms with Gasteiger partial charge in [-0.15, -0.1) is 0 Å². The van der Waals surface area contributed by atoms with Gasteiger partial charge in [-0.3, -0.25) is 24.1 Å². The average Bonchev–Trinajstić information content (AvgIpc) is 3.12. The Labute approximate surface area is 204 Å². The summed E-state index contributed by atoms with van der Waals surface area (Å²) in [7, 11) is 3.25. The number of likely N-dealkylation sites (N-methyl/N-ethyl adjacent to an activating group) is 1. The topological polar surface area (TPSA) is 86.8 Å². The van der Waals surface area contributed by atoms with E-state index in [1.54, 1.807) is 38.4 Å². The van der Waals surface area contributed by atoms with Gasteiger partial charge in [-0.25, -0.2) is 0 Å². The molecule has 4 amide bonds. The number of nitrogens with one attached hydrogen (secondary N) is 1. The van der Waals surface area contributed by atoms with Crippen molar-refractivity contribution in [3.05, 3.63) is 107 Å². The van der Waals surface area contributed by atoms with Crippen molar-refractivity contribution in [1.29, 1.82) is 0 Å². The minimum Gasteiger partial charge on any atom is -0.347 e. The van der Waals surface area contributed by atoms with Gasteiger partial charge in [-0.2, -0.15) is 0 Å². The van der Waals surface area contributed by atoms with Crippen LogP contribution in [0.3, 0.4) is 0 Å². The summed E-state index contributed by atoms with van der Waals surface area (Å²) >= 11 is 0. The fourth-order valence-electron chi connectivity index (χ4n) is 4.26. The van der Waals surface area contributed by atoms with E-state index in [4.69, 9.17) is 0 Å². The third-order valence-corrected chi connectivity index (χ3v) is 6.05. The molecule has 1 heterocycles. The molecule has 0 aromatic heterocycles. The van der Waals surface area contributed by atoms with Gasteiger partial charge in [0.2, 0.25) is 11.8 Å². The van der Waals surface area contributed by atoms with Crippen molar-refractivity contribution in [3.8, 4) is 0 Å². The SMILES string of the molecule is CN(C)C(=O)[C@@H](Cc1ccccc1)NC(=O)[C@H](Cc1ccccc1)N1C(=O)c2ccccc2C1=O. The van der Waals surface area contributed by atoms with Crippen LogP contribution in [0.4, 0.5) is 0 Å². The second-order valence-electron chi connectivity index (χ2n) is 8.71. The highest BCUT2D eigenvalue weighted by Gasteiger charge is 2.43. The van der Waals surface area contributed by atoms with Gasteiger partial charge in [0.1, 0.15) is 12.1 Å². The molecule has 0 bridgehead atoms. The number of amides is 4. The number of carbonyl (C=O) groups excluding carboxylic acids is 4. The van der Waals surface area contributed by atoms with Crippen LogP contribution in [0.1, 0.15) is 31.8 Å². The lowest BCUT2D eigenvalue weighted by atomic mass is 10.0. The number of rotatable bonds is 8. The smallest absolute Gasteiger partial charge is 0.262 e. The first-order valence-electron chi connectivity index (χ1n) is 11.4. The van der Waals surface area contributed by atoms with Crippen LogP contribution in [0.5, 0.6) is 0 Å². The van der Waals surface area contributed by atoms with Gasteiger partial charge in [-0.1, -0.05) is 72.8 Å². The molecule has 35 heavy (non-hydrogen) atoms. The zero-order valence-electron chi connectivity index (χ0n) is 19.7. The molecule has 7 nitrogen and oxygen atoms in total. The van der Waals surface area contributed by atoms with E-state index < -0.39 is 29.8 Å². The molecule has 4 rings (SSSR count). The lowest BCUT2D eigenvalue weighted by molar-refractivity contribution is -0.135. The number of hydrogen-bond donors (Lipinski definition) is 1. The van der Waals surface area contributed by atoms with Gasteiger partial charge in [0.05, 0.1) is 11.1 Å². The number of imide groups is 1. The first kappa shape index (κ1) is 23.9. The Morgan fingerprint density at radius 3 is 1.69 bits per heavy atom. The number of benzene rings is 3. The molecule has 1 aliphatic heterocycles. The summed E-state index contributed by atoms with van der Waals surface area (Å²) in [5.41, 5.74) is 2.22. The molecule has 0 fully saturated rings. The van der Waals surface area contributed by atoms with Gasteiger partial charge < -0.3 is 10.2 Å². The van der Waals surface area contributed by atoms with Crippen LogP contribution in [0.15, 0.2) is 84.9 Å². The largest absolute Gasteiger partial charge is 0.347 e. The van der Waals surface area contributed by atoms with Crippen molar-refractivity contribution in [3.63, 3.8) is 0 Å². The highest BCUT2D eigenvalue weighted by atomic mass is 16.2. The Kier molecular flexibility index (Phi) is 7.06. The summed E-state index contributed by atoms with van der Waals surface area (Å²) in [6.45, 7) is 0. The first-order chi connectivity index (χ1) is 16.9. The molecule has 7 heteroatoms. The van der Waals surface area contributed by atoms with Crippen molar-refractivity contribution < 1.29 is 19.2 Å². The van der Waals surface area contributed by atoms with E-state index in [0.717, 1.165) is 16.0 Å². The zero-order valence-corrected chi connectivity index (χ0v) is 19.7. The van der Waals surface area contributed by atoms with Crippen molar-refractivity contribution in [2.45, 2.75) is 24.9 Å². The zero-order chi connectivity index (χ0) is 24.9. The summed E-state index contributed by atoms with van der Waals surface area (Å²) in [5.74, 6) is -1.86. The average molecular weight is 470 g/mol. The van der Waals surface area contributed by atoms with Crippen molar-refractivity contribution in [1.82, 2.24) is 15.1 Å². The molecule has 0 saturated carbocycles. The third kappa shape index (κ3) is 5.14. The van der Waals surface area contributed by atoms with E-state index >= 15 is 0 Å². The van der Waals surface area contributed by atoms with Crippen LogP contribution in [0, 0.1) is 0 Å². The van der Waals surface area contributed by atoms with Crippen LogP contribution in [-0.2, 0) is 22.4 Å². The van der Waals surface area contributed by atoms with Gasteiger partial charge in [-0.05, 0) is 23.3 Å². The van der Waals surface area contributed by atoms with Crippen LogP contribution in [-0.4, -0.2) is 59.6 Å². The van der Waals surface area contributed by atoms with Crippen LogP contribution >= 0.6 is 0 Å². The van der Waals surface area contributed by atoms with E-state index in [9.17, 15) is 19.2 Å². The van der Waals surface area contributed by atoms with E-state index in [0.29, 0.717) is 0 Å². The maximum absolute atomic E-state index is 13.7. The molecular weight excluding hydrogens is 442 g/mol. The number of carbonyl (C=O) groups is 4. The Hall–Kier alpha value is -4.26. The summed E-state index contributed by atoms with van der Waals surface area (Å²) < 4.78 is 0. The summed E-state index contributed by atoms with van der Waals surface area (Å²) in [6.07, 6.45) is 0.413. The number of fused-ring (bicyclic) bond motifs is 1. The normalized spacial score (nSPS) is 14.3. The standard InChI is InChI=1S/C28H27N3O4/c1-30(2)28(35)23(17-19-11-5-3-6-12-19)29-25(32)24(18-20-13-7-4-8-14-20)31-26(33)21-15-9-10-16-22(21)27(31)34/h3-16,23-24H,17-18H2,1-2H3,(H,29,32)/t23-,24+/m1/s1. The maximum Gasteiger partial charge on any atom is 0.262 e. The molecule has 0 aliphatic carbocycles. The van der Waals surface area contributed by atoms with Crippen molar-refractivity contribution in [2.75, 3.05) is 14.1 Å². The van der Waals surface area contributed by atoms with Gasteiger partial charge in [0.25, 0.3) is 11.8 Å². The predicted octanol–water partition coefficient (Wildman–Crippen LogP) is 2.71. The number of nitrogens with zero attached hydrogens (tertiary/aromatic N) is 2. The van der Waals surface area contributed by atoms with Crippen molar-refractivity contribution >= 4 is 23.6 Å². The van der Waals surface area contributed by atoms with Gasteiger partial charge in [0.15, 0.2) is 0 Å². The Bertz CT molecular complexity index is 1210. The van der Waals surface area contributed by atoms with Crippen LogP contribution in [0.2, 0.25) is 0 Å². The van der Waals surface area contributed by atoms with Crippen LogP contribution < -0.4 is 5.32 Å². The van der Waals surface area contributed by atoms with Gasteiger partial charge >= 0.3 is 0 Å². The highest BCUT2D eigenvalue weighted by Crippen LogP contribution is 2.26. The molecule has 178 valence electrons. The molecule has 1 N–H and O–H groups in total. The molecule has 0 saturated heterocycles. The van der Waals surface area contributed by atoms with Gasteiger partial charge in [0, 0.05) is 26.9 Å². The molecule has 3 aromatic rings. The predicted molar refractivity (Wildman–Crippen MR) is 132 cm³/mol. The minimum absolute atomic E-state index is 0.131. The molecule has 0 unspecified atom stereocenters. The summed E-state index contributed by atoms with van der Waals surface area (Å²) in [5, 5.41) is 2.84. The molecule has 0 spiro atoms. The van der Waals surface area contributed by atoms with E-state index in [1.165, 1.54) is 4.90 Å². The van der Waals surface area contributed by atoms with E-state index in [1.807, 2.05) is 60.7 Å². The Morgan fingerprint density at radius 2 is 1.20 bits per heavy atom. The molecule has 1 aliphatic rings. The molecule has 3 aromatic carbocycles. The molecular formula is C28H27N3O4. The maximum atomic E-state index is 13.7. The fourth-order valence-corrected chi connectivity index (χ4v) is 4.26. The first-order valence-corrected chi connectivity index (χ1v) is 11.4. The fraction of sp³-hybridized carbons (Fsp3) is 0.214. The monoisotopic (exact) mass is 469 g/mol. The highest BCUT2D eigenvalue weighted by molar-refractivity contribution is 6.23.